The molecule has 0 aromatic heterocycles. The van der Waals surface area contributed by atoms with Crippen molar-refractivity contribution in [3.8, 4) is 0 Å². The first-order valence-corrected chi connectivity index (χ1v) is 7.35. The van der Waals surface area contributed by atoms with Crippen LogP contribution in [0.25, 0.3) is 0 Å². The van der Waals surface area contributed by atoms with Crippen molar-refractivity contribution in [2.24, 2.45) is 5.92 Å². The molecule has 2 saturated heterocycles. The van der Waals surface area contributed by atoms with E-state index in [9.17, 15) is 4.79 Å². The molecule has 2 aliphatic rings. The monoisotopic (exact) mass is 253 g/mol. The third kappa shape index (κ3) is 3.37. The Labute approximate surface area is 111 Å². The molecule has 1 N–H and O–H groups in total. The van der Waals surface area contributed by atoms with E-state index in [0.29, 0.717) is 18.0 Å². The van der Waals surface area contributed by atoms with E-state index in [4.69, 9.17) is 0 Å². The number of carbonyl (C=O) groups excluding carboxylic acids is 1. The Morgan fingerprint density at radius 3 is 2.33 bits per heavy atom. The summed E-state index contributed by atoms with van der Waals surface area (Å²) in [7, 11) is 0. The SMILES string of the molecule is CC1CCN(C(=O)NC2CCN(C(C)C)CC2)C1. The van der Waals surface area contributed by atoms with Crippen molar-refractivity contribution < 1.29 is 4.79 Å². The van der Waals surface area contributed by atoms with Crippen LogP contribution in [0.3, 0.4) is 0 Å². The highest BCUT2D eigenvalue weighted by Gasteiger charge is 2.27. The van der Waals surface area contributed by atoms with E-state index in [1.54, 1.807) is 0 Å². The summed E-state index contributed by atoms with van der Waals surface area (Å²) in [5.41, 5.74) is 0. The van der Waals surface area contributed by atoms with E-state index in [2.05, 4.69) is 31.0 Å². The van der Waals surface area contributed by atoms with Crippen molar-refractivity contribution in [1.29, 1.82) is 0 Å². The van der Waals surface area contributed by atoms with Crippen LogP contribution in [0, 0.1) is 5.92 Å². The van der Waals surface area contributed by atoms with Crippen LogP contribution in [-0.2, 0) is 0 Å². The number of likely N-dealkylation sites (tertiary alicyclic amines) is 2. The summed E-state index contributed by atoms with van der Waals surface area (Å²) in [6.45, 7) is 10.8. The summed E-state index contributed by atoms with van der Waals surface area (Å²) in [5, 5.41) is 3.20. The predicted octanol–water partition coefficient (Wildman–Crippen LogP) is 1.91. The molecule has 1 atom stereocenters. The van der Waals surface area contributed by atoms with E-state index in [1.807, 2.05) is 4.90 Å². The molecule has 2 heterocycles. The Morgan fingerprint density at radius 2 is 1.83 bits per heavy atom. The molecule has 2 rings (SSSR count). The Balaban J connectivity index is 1.73. The molecule has 0 bridgehead atoms. The van der Waals surface area contributed by atoms with Gasteiger partial charge in [-0.25, -0.2) is 4.79 Å². The molecule has 2 amide bonds. The van der Waals surface area contributed by atoms with Crippen molar-refractivity contribution in [3.05, 3.63) is 0 Å². The lowest BCUT2D eigenvalue weighted by Crippen LogP contribution is -2.49. The molecule has 0 radical (unpaired) electrons. The summed E-state index contributed by atoms with van der Waals surface area (Å²) >= 11 is 0. The van der Waals surface area contributed by atoms with Crippen molar-refractivity contribution >= 4 is 6.03 Å². The Morgan fingerprint density at radius 1 is 1.17 bits per heavy atom. The van der Waals surface area contributed by atoms with E-state index in [-0.39, 0.29) is 6.03 Å². The number of amides is 2. The van der Waals surface area contributed by atoms with Crippen LogP contribution in [0.4, 0.5) is 4.79 Å². The van der Waals surface area contributed by atoms with Gasteiger partial charge < -0.3 is 15.1 Å². The molecule has 0 spiro atoms. The minimum Gasteiger partial charge on any atom is -0.335 e. The van der Waals surface area contributed by atoms with E-state index in [1.165, 1.54) is 0 Å². The topological polar surface area (TPSA) is 35.6 Å². The molecule has 0 aromatic carbocycles. The van der Waals surface area contributed by atoms with Crippen LogP contribution in [-0.4, -0.2) is 54.1 Å². The number of hydrogen-bond donors (Lipinski definition) is 1. The van der Waals surface area contributed by atoms with E-state index >= 15 is 0 Å². The van der Waals surface area contributed by atoms with Crippen molar-refractivity contribution in [1.82, 2.24) is 15.1 Å². The van der Waals surface area contributed by atoms with Crippen molar-refractivity contribution in [2.75, 3.05) is 26.2 Å². The van der Waals surface area contributed by atoms with Crippen LogP contribution in [0.2, 0.25) is 0 Å². The van der Waals surface area contributed by atoms with Gasteiger partial charge in [-0.1, -0.05) is 6.92 Å². The maximum absolute atomic E-state index is 12.1. The maximum atomic E-state index is 12.1. The van der Waals surface area contributed by atoms with Crippen LogP contribution >= 0.6 is 0 Å². The van der Waals surface area contributed by atoms with Crippen molar-refractivity contribution in [3.63, 3.8) is 0 Å². The zero-order valence-corrected chi connectivity index (χ0v) is 12.0. The normalized spacial score (nSPS) is 26.9. The van der Waals surface area contributed by atoms with Gasteiger partial charge in [0.25, 0.3) is 0 Å². The van der Waals surface area contributed by atoms with Crippen LogP contribution in [0.15, 0.2) is 0 Å². The van der Waals surface area contributed by atoms with Crippen LogP contribution < -0.4 is 5.32 Å². The van der Waals surface area contributed by atoms with Gasteiger partial charge in [0.15, 0.2) is 0 Å². The predicted molar refractivity (Wildman–Crippen MR) is 73.6 cm³/mol. The zero-order chi connectivity index (χ0) is 13.1. The molecule has 0 aromatic rings. The second-order valence-corrected chi connectivity index (χ2v) is 6.19. The minimum atomic E-state index is 0.155. The fourth-order valence-corrected chi connectivity index (χ4v) is 2.95. The summed E-state index contributed by atoms with van der Waals surface area (Å²) in [4.78, 5) is 16.5. The standard InChI is InChI=1S/C14H27N3O/c1-11(2)16-8-5-13(6-9-16)15-14(18)17-7-4-12(3)10-17/h11-13H,4-10H2,1-3H3,(H,15,18). The largest absolute Gasteiger partial charge is 0.335 e. The lowest BCUT2D eigenvalue weighted by atomic mass is 10.0. The van der Waals surface area contributed by atoms with Gasteiger partial charge in [-0.05, 0) is 39.0 Å². The number of hydrogen-bond acceptors (Lipinski definition) is 2. The van der Waals surface area contributed by atoms with E-state index in [0.717, 1.165) is 45.4 Å². The molecule has 18 heavy (non-hydrogen) atoms. The van der Waals surface area contributed by atoms with Gasteiger partial charge in [0, 0.05) is 38.3 Å². The van der Waals surface area contributed by atoms with Gasteiger partial charge in [0.1, 0.15) is 0 Å². The Bertz CT molecular complexity index is 285. The number of piperidine rings is 1. The first-order chi connectivity index (χ1) is 8.56. The summed E-state index contributed by atoms with van der Waals surface area (Å²) in [6.07, 6.45) is 3.33. The highest BCUT2D eigenvalue weighted by atomic mass is 16.2. The molecule has 1 unspecified atom stereocenters. The number of rotatable bonds is 2. The molecule has 0 aliphatic carbocycles. The van der Waals surface area contributed by atoms with Gasteiger partial charge in [0.05, 0.1) is 0 Å². The molecule has 2 aliphatic heterocycles. The number of carbonyl (C=O) groups is 1. The Kier molecular flexibility index (Phi) is 4.49. The number of nitrogens with one attached hydrogen (secondary N) is 1. The fraction of sp³-hybridized carbons (Fsp3) is 0.929. The third-order valence-corrected chi connectivity index (χ3v) is 4.30. The molecule has 104 valence electrons. The van der Waals surface area contributed by atoms with Crippen LogP contribution in [0.1, 0.15) is 40.0 Å². The average molecular weight is 253 g/mol. The smallest absolute Gasteiger partial charge is 0.317 e. The fourth-order valence-electron chi connectivity index (χ4n) is 2.95. The molecule has 2 fully saturated rings. The zero-order valence-electron chi connectivity index (χ0n) is 12.0. The van der Waals surface area contributed by atoms with Gasteiger partial charge in [-0.15, -0.1) is 0 Å². The van der Waals surface area contributed by atoms with Crippen molar-refractivity contribution in [2.45, 2.75) is 52.1 Å². The van der Waals surface area contributed by atoms with Gasteiger partial charge >= 0.3 is 6.03 Å². The first kappa shape index (κ1) is 13.7. The number of urea groups is 1. The first-order valence-electron chi connectivity index (χ1n) is 7.35. The Hall–Kier alpha value is -0.770. The quantitative estimate of drug-likeness (QED) is 0.816. The summed E-state index contributed by atoms with van der Waals surface area (Å²) in [6, 6.07) is 1.16. The van der Waals surface area contributed by atoms with Crippen LogP contribution in [0.5, 0.6) is 0 Å². The number of nitrogens with zero attached hydrogens (tertiary/aromatic N) is 2. The highest BCUT2D eigenvalue weighted by Crippen LogP contribution is 2.17. The summed E-state index contributed by atoms with van der Waals surface area (Å²) in [5.74, 6) is 0.665. The molecular weight excluding hydrogens is 226 g/mol. The molecule has 0 saturated carbocycles. The molecule has 4 heteroatoms. The second kappa shape index (κ2) is 5.91. The third-order valence-electron chi connectivity index (χ3n) is 4.30. The summed E-state index contributed by atoms with van der Waals surface area (Å²) < 4.78 is 0. The lowest BCUT2D eigenvalue weighted by Gasteiger charge is -2.35. The minimum absolute atomic E-state index is 0.155. The van der Waals surface area contributed by atoms with Gasteiger partial charge in [-0.2, -0.15) is 0 Å². The highest BCUT2D eigenvalue weighted by molar-refractivity contribution is 5.74. The van der Waals surface area contributed by atoms with Gasteiger partial charge in [0.2, 0.25) is 0 Å². The average Bonchev–Trinajstić information content (AvgIpc) is 2.76. The second-order valence-electron chi connectivity index (χ2n) is 6.19. The maximum Gasteiger partial charge on any atom is 0.317 e. The molecular formula is C14H27N3O. The lowest BCUT2D eigenvalue weighted by molar-refractivity contribution is 0.154. The van der Waals surface area contributed by atoms with Gasteiger partial charge in [-0.3, -0.25) is 0 Å². The molecule has 4 nitrogen and oxygen atoms in total. The van der Waals surface area contributed by atoms with E-state index < -0.39 is 0 Å².